The van der Waals surface area contributed by atoms with E-state index in [1.54, 1.807) is 6.07 Å². The van der Waals surface area contributed by atoms with Gasteiger partial charge in [-0.25, -0.2) is 14.4 Å². The quantitative estimate of drug-likeness (QED) is 0.655. The molecule has 162 valence electrons. The Hall–Kier alpha value is -2.05. The van der Waals surface area contributed by atoms with Crippen LogP contribution in [-0.2, 0) is 17.8 Å². The molecule has 1 aromatic carbocycles. The van der Waals surface area contributed by atoms with Gasteiger partial charge in [0.25, 0.3) is 0 Å². The third-order valence-electron chi connectivity index (χ3n) is 5.91. The summed E-state index contributed by atoms with van der Waals surface area (Å²) < 4.78 is 13.7. The average Bonchev–Trinajstić information content (AvgIpc) is 3.17. The molecule has 1 aromatic heterocycles. The lowest BCUT2D eigenvalue weighted by Gasteiger charge is -2.20. The number of likely N-dealkylation sites (tertiary alicyclic amines) is 1. The average molecular weight is 433 g/mol. The summed E-state index contributed by atoms with van der Waals surface area (Å²) >= 11 is 5.78. The molecule has 30 heavy (non-hydrogen) atoms. The van der Waals surface area contributed by atoms with Crippen LogP contribution in [0.25, 0.3) is 0 Å². The molecule has 0 bridgehead atoms. The first kappa shape index (κ1) is 22.6. The molecule has 5 nitrogen and oxygen atoms in total. The molecule has 1 unspecified atom stereocenters. The fourth-order valence-electron chi connectivity index (χ4n) is 4.13. The highest BCUT2D eigenvalue weighted by Gasteiger charge is 2.27. The number of benzene rings is 1. The molecule has 1 fully saturated rings. The van der Waals surface area contributed by atoms with Crippen molar-refractivity contribution in [2.75, 3.05) is 26.2 Å². The Morgan fingerprint density at radius 3 is 2.50 bits per heavy atom. The monoisotopic (exact) mass is 432 g/mol. The van der Waals surface area contributed by atoms with E-state index in [1.807, 2.05) is 38.7 Å². The number of carbonyl (C=O) groups is 1. The molecule has 7 heteroatoms. The predicted molar refractivity (Wildman–Crippen MR) is 117 cm³/mol. The third kappa shape index (κ3) is 5.16. The number of aryl methyl sites for hydroxylation is 2. The van der Waals surface area contributed by atoms with Crippen molar-refractivity contribution in [1.29, 1.82) is 0 Å². The maximum Gasteiger partial charge on any atom is 0.227 e. The molecule has 1 aliphatic rings. The number of hydrogen-bond acceptors (Lipinski definition) is 4. The molecule has 2 aromatic rings. The second-order valence-electron chi connectivity index (χ2n) is 7.94. The molecule has 3 rings (SSSR count). The molecule has 1 saturated heterocycles. The number of amides is 1. The maximum atomic E-state index is 13.7. The Bertz CT molecular complexity index is 893. The Labute approximate surface area is 183 Å². The van der Waals surface area contributed by atoms with Crippen LogP contribution in [0.3, 0.4) is 0 Å². The van der Waals surface area contributed by atoms with Crippen molar-refractivity contribution in [3.05, 3.63) is 57.4 Å². The molecule has 1 atom stereocenters. The normalized spacial score (nSPS) is 16.8. The van der Waals surface area contributed by atoms with Gasteiger partial charge < -0.3 is 4.90 Å². The van der Waals surface area contributed by atoms with Gasteiger partial charge in [-0.3, -0.25) is 9.69 Å². The molecule has 0 N–H and O–H groups in total. The van der Waals surface area contributed by atoms with Crippen molar-refractivity contribution >= 4 is 17.5 Å². The second kappa shape index (κ2) is 9.84. The van der Waals surface area contributed by atoms with Gasteiger partial charge in [-0.05, 0) is 58.4 Å². The van der Waals surface area contributed by atoms with Gasteiger partial charge in [0.1, 0.15) is 11.6 Å². The molecule has 0 saturated carbocycles. The topological polar surface area (TPSA) is 49.3 Å². The van der Waals surface area contributed by atoms with E-state index >= 15 is 0 Å². The highest BCUT2D eigenvalue weighted by Crippen LogP contribution is 2.28. The van der Waals surface area contributed by atoms with Gasteiger partial charge in [0.15, 0.2) is 0 Å². The molecule has 2 heterocycles. The Balaban J connectivity index is 1.68. The first-order valence-electron chi connectivity index (χ1n) is 10.6. The summed E-state index contributed by atoms with van der Waals surface area (Å²) in [6.45, 7) is 11.8. The zero-order chi connectivity index (χ0) is 21.8. The van der Waals surface area contributed by atoms with E-state index < -0.39 is 0 Å². The van der Waals surface area contributed by atoms with Crippen molar-refractivity contribution in [2.45, 2.75) is 53.0 Å². The van der Waals surface area contributed by atoms with Crippen molar-refractivity contribution in [1.82, 2.24) is 19.8 Å². The summed E-state index contributed by atoms with van der Waals surface area (Å²) in [7, 11) is 0. The Kier molecular flexibility index (Phi) is 7.42. The number of aromatic nitrogens is 2. The number of rotatable bonds is 7. The van der Waals surface area contributed by atoms with Crippen LogP contribution in [0.5, 0.6) is 0 Å². The molecule has 1 aliphatic heterocycles. The lowest BCUT2D eigenvalue weighted by atomic mass is 10.0. The van der Waals surface area contributed by atoms with E-state index in [0.717, 1.165) is 47.8 Å². The first-order chi connectivity index (χ1) is 14.3. The lowest BCUT2D eigenvalue weighted by molar-refractivity contribution is -0.130. The van der Waals surface area contributed by atoms with Crippen molar-refractivity contribution in [3.63, 3.8) is 0 Å². The zero-order valence-electron chi connectivity index (χ0n) is 18.2. The van der Waals surface area contributed by atoms with Crippen LogP contribution < -0.4 is 0 Å². The predicted octanol–water partition coefficient (Wildman–Crippen LogP) is 4.29. The molecule has 0 spiro atoms. The third-order valence-corrected chi connectivity index (χ3v) is 6.22. The van der Waals surface area contributed by atoms with Crippen LogP contribution in [0, 0.1) is 19.7 Å². The van der Waals surface area contributed by atoms with Crippen LogP contribution in [0.2, 0.25) is 5.02 Å². The minimum atomic E-state index is -0.380. The minimum Gasteiger partial charge on any atom is -0.343 e. The van der Waals surface area contributed by atoms with Gasteiger partial charge in [-0.15, -0.1) is 0 Å². The smallest absolute Gasteiger partial charge is 0.227 e. The summed E-state index contributed by atoms with van der Waals surface area (Å²) in [5, 5.41) is 0.150. The zero-order valence-corrected chi connectivity index (χ0v) is 19.0. The summed E-state index contributed by atoms with van der Waals surface area (Å²) in [6.07, 6.45) is 1.31. The molecular formula is C23H30ClFN4O. The van der Waals surface area contributed by atoms with Crippen molar-refractivity contribution < 1.29 is 9.18 Å². The molecule has 0 radical (unpaired) electrons. The van der Waals surface area contributed by atoms with Crippen LogP contribution in [-0.4, -0.2) is 51.9 Å². The Morgan fingerprint density at radius 1 is 1.23 bits per heavy atom. The van der Waals surface area contributed by atoms with Gasteiger partial charge >= 0.3 is 0 Å². The maximum absolute atomic E-state index is 13.7. The van der Waals surface area contributed by atoms with Gasteiger partial charge in [-0.2, -0.15) is 0 Å². The van der Waals surface area contributed by atoms with Gasteiger partial charge in [-0.1, -0.05) is 17.7 Å². The van der Waals surface area contributed by atoms with Crippen LogP contribution >= 0.6 is 11.6 Å². The highest BCUT2D eigenvalue weighted by atomic mass is 35.5. The molecule has 0 aliphatic carbocycles. The van der Waals surface area contributed by atoms with E-state index in [4.69, 9.17) is 21.6 Å². The van der Waals surface area contributed by atoms with Crippen molar-refractivity contribution in [2.24, 2.45) is 0 Å². The van der Waals surface area contributed by atoms with Crippen LogP contribution in [0.4, 0.5) is 4.39 Å². The van der Waals surface area contributed by atoms with Crippen molar-refractivity contribution in [3.8, 4) is 0 Å². The summed E-state index contributed by atoms with van der Waals surface area (Å²) in [4.78, 5) is 26.2. The summed E-state index contributed by atoms with van der Waals surface area (Å²) in [5.41, 5.74) is 3.62. The van der Waals surface area contributed by atoms with Gasteiger partial charge in [0, 0.05) is 49.0 Å². The number of hydrogen-bond donors (Lipinski definition) is 0. The lowest BCUT2D eigenvalue weighted by Crippen LogP contribution is -2.32. The van der Waals surface area contributed by atoms with Gasteiger partial charge in [0.2, 0.25) is 5.91 Å². The minimum absolute atomic E-state index is 0.116. The first-order valence-corrected chi connectivity index (χ1v) is 11.0. The summed E-state index contributed by atoms with van der Waals surface area (Å²) in [5.74, 6) is 0.819. The second-order valence-corrected chi connectivity index (χ2v) is 8.35. The number of likely N-dealkylation sites (N-methyl/N-ethyl adjacent to an activating group) is 1. The number of halogens is 2. The Morgan fingerprint density at radius 2 is 1.90 bits per heavy atom. The SMILES string of the molecule is CCN(CC)C(=O)Cc1c(C)nc(C2CCN(Cc3ccc(Cl)c(F)c3)C2)nc1C. The number of carbonyl (C=O) groups excluding carboxylic acids is 1. The fourth-order valence-corrected chi connectivity index (χ4v) is 4.24. The van der Waals surface area contributed by atoms with Gasteiger partial charge in [0.05, 0.1) is 11.4 Å². The van der Waals surface area contributed by atoms with E-state index in [-0.39, 0.29) is 22.7 Å². The van der Waals surface area contributed by atoms with E-state index in [1.165, 1.54) is 6.07 Å². The van der Waals surface area contributed by atoms with E-state index in [0.29, 0.717) is 26.1 Å². The van der Waals surface area contributed by atoms with E-state index in [9.17, 15) is 9.18 Å². The van der Waals surface area contributed by atoms with Crippen LogP contribution in [0.1, 0.15) is 54.5 Å². The standard InChI is InChI=1S/C23H30ClFN4O/c1-5-29(6-2)22(30)12-19-15(3)26-23(27-16(19)4)18-9-10-28(14-18)13-17-7-8-20(24)21(25)11-17/h7-8,11,18H,5-6,9-10,12-14H2,1-4H3. The van der Waals surface area contributed by atoms with Crippen LogP contribution in [0.15, 0.2) is 18.2 Å². The van der Waals surface area contributed by atoms with E-state index in [2.05, 4.69) is 4.90 Å². The highest BCUT2D eigenvalue weighted by molar-refractivity contribution is 6.30. The summed E-state index contributed by atoms with van der Waals surface area (Å²) in [6, 6.07) is 4.97. The molecule has 1 amide bonds. The largest absolute Gasteiger partial charge is 0.343 e. The number of nitrogens with zero attached hydrogens (tertiary/aromatic N) is 4. The fraction of sp³-hybridized carbons (Fsp3) is 0.522. The molecular weight excluding hydrogens is 403 g/mol.